The first kappa shape index (κ1) is 16.2. The third-order valence-corrected chi connectivity index (χ3v) is 5.79. The SMILES string of the molecule is CC(NC(=O)COc1ccc2ccc(=O)oc2c1)C1CC2CCC1C2. The Hall–Kier alpha value is -2.30. The van der Waals surface area contributed by atoms with Gasteiger partial charge in [0, 0.05) is 23.6 Å². The van der Waals surface area contributed by atoms with Crippen molar-refractivity contribution in [2.24, 2.45) is 17.8 Å². The van der Waals surface area contributed by atoms with E-state index in [9.17, 15) is 9.59 Å². The van der Waals surface area contributed by atoms with Crippen molar-refractivity contribution in [3.8, 4) is 5.75 Å². The zero-order chi connectivity index (χ0) is 17.4. The van der Waals surface area contributed by atoms with E-state index in [-0.39, 0.29) is 18.6 Å². The molecule has 2 aromatic rings. The summed E-state index contributed by atoms with van der Waals surface area (Å²) in [6.07, 6.45) is 5.26. The van der Waals surface area contributed by atoms with Gasteiger partial charge >= 0.3 is 5.63 Å². The first-order chi connectivity index (χ1) is 12.1. The summed E-state index contributed by atoms with van der Waals surface area (Å²) in [5.74, 6) is 2.68. The van der Waals surface area contributed by atoms with Gasteiger partial charge in [-0.3, -0.25) is 4.79 Å². The molecular formula is C20H23NO4. The lowest BCUT2D eigenvalue weighted by Gasteiger charge is -2.28. The summed E-state index contributed by atoms with van der Waals surface area (Å²) in [5, 5.41) is 3.91. The van der Waals surface area contributed by atoms with E-state index >= 15 is 0 Å². The van der Waals surface area contributed by atoms with Crippen molar-refractivity contribution >= 4 is 16.9 Å². The number of rotatable bonds is 5. The summed E-state index contributed by atoms with van der Waals surface area (Å²) in [5.41, 5.74) is 0.0582. The van der Waals surface area contributed by atoms with Gasteiger partial charge < -0.3 is 14.5 Å². The summed E-state index contributed by atoms with van der Waals surface area (Å²) >= 11 is 0. The second kappa shape index (κ2) is 6.54. The molecule has 2 saturated carbocycles. The Bertz CT molecular complexity index is 843. The van der Waals surface area contributed by atoms with Crippen LogP contribution in [0.1, 0.15) is 32.6 Å². The van der Waals surface area contributed by atoms with E-state index in [1.165, 1.54) is 31.7 Å². The van der Waals surface area contributed by atoms with Crippen LogP contribution in [-0.4, -0.2) is 18.6 Å². The van der Waals surface area contributed by atoms with Gasteiger partial charge in [0.05, 0.1) is 0 Å². The number of hydrogen-bond donors (Lipinski definition) is 1. The van der Waals surface area contributed by atoms with E-state index in [2.05, 4.69) is 12.2 Å². The van der Waals surface area contributed by atoms with Crippen molar-refractivity contribution in [3.05, 3.63) is 40.8 Å². The van der Waals surface area contributed by atoms with E-state index in [4.69, 9.17) is 9.15 Å². The predicted octanol–water partition coefficient (Wildman–Crippen LogP) is 3.11. The summed E-state index contributed by atoms with van der Waals surface area (Å²) in [7, 11) is 0. The Morgan fingerprint density at radius 2 is 2.12 bits per heavy atom. The zero-order valence-electron chi connectivity index (χ0n) is 14.4. The maximum atomic E-state index is 12.2. The Morgan fingerprint density at radius 3 is 2.88 bits per heavy atom. The Morgan fingerprint density at radius 1 is 1.28 bits per heavy atom. The molecule has 25 heavy (non-hydrogen) atoms. The van der Waals surface area contributed by atoms with Crippen LogP contribution in [-0.2, 0) is 4.79 Å². The first-order valence-corrected chi connectivity index (χ1v) is 9.04. The molecule has 5 heteroatoms. The molecule has 1 amide bonds. The van der Waals surface area contributed by atoms with Crippen LogP contribution in [0.4, 0.5) is 0 Å². The number of hydrogen-bond acceptors (Lipinski definition) is 4. The molecule has 1 aromatic carbocycles. The molecule has 2 fully saturated rings. The van der Waals surface area contributed by atoms with Gasteiger partial charge in [-0.1, -0.05) is 6.42 Å². The molecule has 0 aliphatic heterocycles. The highest BCUT2D eigenvalue weighted by atomic mass is 16.5. The number of nitrogens with one attached hydrogen (secondary N) is 1. The summed E-state index contributed by atoms with van der Waals surface area (Å²) in [6, 6.07) is 8.50. The minimum atomic E-state index is -0.401. The van der Waals surface area contributed by atoms with Crippen LogP contribution >= 0.6 is 0 Å². The molecule has 1 heterocycles. The third kappa shape index (κ3) is 3.41. The van der Waals surface area contributed by atoms with Crippen LogP contribution in [0.3, 0.4) is 0 Å². The highest BCUT2D eigenvalue weighted by molar-refractivity contribution is 5.79. The van der Waals surface area contributed by atoms with Crippen molar-refractivity contribution < 1.29 is 13.9 Å². The topological polar surface area (TPSA) is 68.5 Å². The van der Waals surface area contributed by atoms with E-state index in [1.54, 1.807) is 18.2 Å². The van der Waals surface area contributed by atoms with Crippen LogP contribution in [0, 0.1) is 17.8 Å². The molecule has 2 bridgehead atoms. The summed E-state index contributed by atoms with van der Waals surface area (Å²) < 4.78 is 10.7. The quantitative estimate of drug-likeness (QED) is 0.849. The molecule has 5 nitrogen and oxygen atoms in total. The van der Waals surface area contributed by atoms with E-state index < -0.39 is 5.63 Å². The Labute approximate surface area is 146 Å². The van der Waals surface area contributed by atoms with Crippen molar-refractivity contribution in [1.82, 2.24) is 5.32 Å². The van der Waals surface area contributed by atoms with Crippen molar-refractivity contribution in [1.29, 1.82) is 0 Å². The number of ether oxygens (including phenoxy) is 1. The summed E-state index contributed by atoms with van der Waals surface area (Å²) in [4.78, 5) is 23.5. The number of benzene rings is 1. The fraction of sp³-hybridized carbons (Fsp3) is 0.500. The molecule has 0 spiro atoms. The fourth-order valence-electron chi connectivity index (χ4n) is 4.59. The van der Waals surface area contributed by atoms with Crippen LogP contribution in [0.2, 0.25) is 0 Å². The van der Waals surface area contributed by atoms with E-state index in [0.29, 0.717) is 17.3 Å². The standard InChI is InChI=1S/C20H23NO4/c1-12(17-9-13-2-3-15(17)8-13)21-19(22)11-24-16-6-4-14-5-7-20(23)25-18(14)10-16/h4-7,10,12-13,15,17H,2-3,8-9,11H2,1H3,(H,21,22). The maximum Gasteiger partial charge on any atom is 0.336 e. The van der Waals surface area contributed by atoms with Gasteiger partial charge in [0.2, 0.25) is 0 Å². The molecule has 4 rings (SSSR count). The molecule has 1 N–H and O–H groups in total. The maximum absolute atomic E-state index is 12.2. The van der Waals surface area contributed by atoms with Crippen molar-refractivity contribution in [2.75, 3.05) is 6.61 Å². The number of carbonyl (C=O) groups excluding carboxylic acids is 1. The first-order valence-electron chi connectivity index (χ1n) is 9.04. The van der Waals surface area contributed by atoms with Gasteiger partial charge in [0.1, 0.15) is 11.3 Å². The van der Waals surface area contributed by atoms with E-state index in [1.807, 2.05) is 6.07 Å². The number of amides is 1. The zero-order valence-corrected chi connectivity index (χ0v) is 14.4. The molecular weight excluding hydrogens is 318 g/mol. The van der Waals surface area contributed by atoms with Gasteiger partial charge in [0.15, 0.2) is 6.61 Å². The van der Waals surface area contributed by atoms with Gasteiger partial charge in [-0.2, -0.15) is 0 Å². The molecule has 4 unspecified atom stereocenters. The van der Waals surface area contributed by atoms with E-state index in [0.717, 1.165) is 17.2 Å². The van der Waals surface area contributed by atoms with Gasteiger partial charge in [0.25, 0.3) is 5.91 Å². The van der Waals surface area contributed by atoms with Gasteiger partial charge in [-0.15, -0.1) is 0 Å². The minimum absolute atomic E-state index is 0.0340. The fourth-order valence-corrected chi connectivity index (χ4v) is 4.59. The van der Waals surface area contributed by atoms with Crippen molar-refractivity contribution in [3.63, 3.8) is 0 Å². The molecule has 0 radical (unpaired) electrons. The van der Waals surface area contributed by atoms with Crippen LogP contribution in [0.25, 0.3) is 11.0 Å². The molecule has 2 aliphatic rings. The lowest BCUT2D eigenvalue weighted by atomic mass is 9.84. The largest absolute Gasteiger partial charge is 0.484 e. The smallest absolute Gasteiger partial charge is 0.336 e. The molecule has 2 aliphatic carbocycles. The third-order valence-electron chi connectivity index (χ3n) is 5.79. The molecule has 1 aromatic heterocycles. The summed E-state index contributed by atoms with van der Waals surface area (Å²) in [6.45, 7) is 2.07. The monoisotopic (exact) mass is 341 g/mol. The number of fused-ring (bicyclic) bond motifs is 3. The normalized spacial score (nSPS) is 25.9. The van der Waals surface area contributed by atoms with Crippen LogP contribution in [0.5, 0.6) is 5.75 Å². The highest BCUT2D eigenvalue weighted by Crippen LogP contribution is 2.49. The Balaban J connectivity index is 1.33. The minimum Gasteiger partial charge on any atom is -0.484 e. The van der Waals surface area contributed by atoms with Crippen molar-refractivity contribution in [2.45, 2.75) is 38.6 Å². The predicted molar refractivity (Wildman–Crippen MR) is 94.5 cm³/mol. The second-order valence-corrected chi connectivity index (χ2v) is 7.44. The Kier molecular flexibility index (Phi) is 4.24. The second-order valence-electron chi connectivity index (χ2n) is 7.44. The van der Waals surface area contributed by atoms with Crippen LogP contribution in [0.15, 0.2) is 39.5 Å². The highest BCUT2D eigenvalue weighted by Gasteiger charge is 2.42. The van der Waals surface area contributed by atoms with Gasteiger partial charge in [-0.25, -0.2) is 4.79 Å². The van der Waals surface area contributed by atoms with Gasteiger partial charge in [-0.05, 0) is 62.1 Å². The van der Waals surface area contributed by atoms with Crippen LogP contribution < -0.4 is 15.7 Å². The average molecular weight is 341 g/mol. The lowest BCUT2D eigenvalue weighted by Crippen LogP contribution is -2.42. The molecule has 4 atom stereocenters. The molecule has 0 saturated heterocycles. The lowest BCUT2D eigenvalue weighted by molar-refractivity contribution is -0.124. The molecule has 132 valence electrons. The average Bonchev–Trinajstić information content (AvgIpc) is 3.23. The number of carbonyl (C=O) groups is 1.